The van der Waals surface area contributed by atoms with Crippen molar-refractivity contribution in [3.05, 3.63) is 30.3 Å². The summed E-state index contributed by atoms with van der Waals surface area (Å²) in [5.41, 5.74) is 6.62. The molecule has 1 aliphatic heterocycles. The van der Waals surface area contributed by atoms with Crippen molar-refractivity contribution in [2.45, 2.75) is 12.8 Å². The van der Waals surface area contributed by atoms with Crippen LogP contribution in [-0.2, 0) is 4.79 Å². The summed E-state index contributed by atoms with van der Waals surface area (Å²) in [6, 6.07) is 10.4. The Balaban J connectivity index is 1.97. The molecule has 0 bridgehead atoms. The first-order chi connectivity index (χ1) is 7.27. The number of para-hydroxylation sites is 1. The van der Waals surface area contributed by atoms with Crippen molar-refractivity contribution in [1.82, 2.24) is 0 Å². The van der Waals surface area contributed by atoms with E-state index >= 15 is 0 Å². The number of nitrogens with two attached hydrogens (primary N) is 1. The summed E-state index contributed by atoms with van der Waals surface area (Å²) in [5.74, 6) is -0.0421. The van der Waals surface area contributed by atoms with Crippen LogP contribution in [0.25, 0.3) is 0 Å². The van der Waals surface area contributed by atoms with Gasteiger partial charge in [0.25, 0.3) is 0 Å². The minimum atomic E-state index is -0.137. The van der Waals surface area contributed by atoms with E-state index in [0.29, 0.717) is 0 Å². The number of nitrogens with one attached hydrogen (secondary N) is 1. The highest BCUT2D eigenvalue weighted by molar-refractivity contribution is 5.76. The average Bonchev–Trinajstić information content (AvgIpc) is 2.30. The Morgan fingerprint density at radius 1 is 1.20 bits per heavy atom. The molecule has 1 aliphatic rings. The maximum absolute atomic E-state index is 11.0. The number of piperidine rings is 1. The average molecular weight is 205 g/mol. The molecule has 0 aliphatic carbocycles. The van der Waals surface area contributed by atoms with Gasteiger partial charge in [-0.2, -0.15) is 0 Å². The molecule has 3 nitrogen and oxygen atoms in total. The Bertz CT molecular complexity index is 329. The van der Waals surface area contributed by atoms with E-state index in [2.05, 4.69) is 24.3 Å². The van der Waals surface area contributed by atoms with E-state index in [-0.39, 0.29) is 11.8 Å². The van der Waals surface area contributed by atoms with E-state index in [0.717, 1.165) is 25.9 Å². The van der Waals surface area contributed by atoms with Crippen LogP contribution in [0.3, 0.4) is 0 Å². The molecule has 0 saturated carbocycles. The van der Waals surface area contributed by atoms with Gasteiger partial charge in [-0.05, 0) is 12.1 Å². The third-order valence-electron chi connectivity index (χ3n) is 3.17. The normalized spacial score (nSPS) is 26.1. The topological polar surface area (TPSA) is 47.5 Å². The second-order valence-electron chi connectivity index (χ2n) is 4.15. The molecule has 0 radical (unpaired) electrons. The smallest absolute Gasteiger partial charge is 0.220 e. The monoisotopic (exact) mass is 205 g/mol. The van der Waals surface area contributed by atoms with Crippen molar-refractivity contribution < 1.29 is 9.69 Å². The van der Waals surface area contributed by atoms with Crippen LogP contribution >= 0.6 is 0 Å². The number of carbonyl (C=O) groups excluding carboxylic acids is 1. The highest BCUT2D eigenvalue weighted by Crippen LogP contribution is 2.10. The van der Waals surface area contributed by atoms with E-state index < -0.39 is 0 Å². The van der Waals surface area contributed by atoms with Crippen LogP contribution in [0.4, 0.5) is 5.69 Å². The first-order valence-electron chi connectivity index (χ1n) is 5.47. The number of quaternary nitrogens is 1. The Kier molecular flexibility index (Phi) is 3.02. The lowest BCUT2D eigenvalue weighted by molar-refractivity contribution is -0.839. The van der Waals surface area contributed by atoms with Crippen molar-refractivity contribution >= 4 is 11.6 Å². The van der Waals surface area contributed by atoms with Crippen molar-refractivity contribution in [2.75, 3.05) is 13.1 Å². The summed E-state index contributed by atoms with van der Waals surface area (Å²) in [6.45, 7) is 2.02. The molecule has 0 atom stereocenters. The molecule has 1 saturated heterocycles. The first-order valence-corrected chi connectivity index (χ1v) is 5.47. The van der Waals surface area contributed by atoms with Crippen molar-refractivity contribution in [3.63, 3.8) is 0 Å². The van der Waals surface area contributed by atoms with Crippen LogP contribution in [0.1, 0.15) is 12.8 Å². The molecule has 1 heterocycles. The molecule has 1 amide bonds. The zero-order valence-corrected chi connectivity index (χ0v) is 8.78. The number of hydrogen-bond donors (Lipinski definition) is 2. The Hall–Kier alpha value is -1.35. The Morgan fingerprint density at radius 2 is 1.80 bits per heavy atom. The lowest BCUT2D eigenvalue weighted by Crippen LogP contribution is -3.08. The summed E-state index contributed by atoms with van der Waals surface area (Å²) in [7, 11) is 0. The fraction of sp³-hybridized carbons (Fsp3) is 0.417. The number of hydrogen-bond acceptors (Lipinski definition) is 1. The molecule has 1 aromatic rings. The number of amides is 1. The van der Waals surface area contributed by atoms with Gasteiger partial charge in [-0.1, -0.05) is 18.2 Å². The number of carbonyl (C=O) groups is 1. The molecule has 2 rings (SSSR count). The van der Waals surface area contributed by atoms with Crippen LogP contribution in [0.5, 0.6) is 0 Å². The van der Waals surface area contributed by atoms with E-state index in [1.807, 2.05) is 6.07 Å². The second kappa shape index (κ2) is 4.45. The SMILES string of the molecule is NC(=O)C1CC[NH+](c2ccccc2)CC1. The fourth-order valence-corrected chi connectivity index (χ4v) is 2.21. The minimum Gasteiger partial charge on any atom is -0.369 e. The standard InChI is InChI=1S/C12H16N2O/c13-12(15)10-6-8-14(9-7-10)11-4-2-1-3-5-11/h1-5,10H,6-9H2,(H2,13,15)/p+1. The molecule has 1 aromatic carbocycles. The number of benzene rings is 1. The summed E-state index contributed by atoms with van der Waals surface area (Å²) in [6.07, 6.45) is 1.83. The van der Waals surface area contributed by atoms with Crippen molar-refractivity contribution in [1.29, 1.82) is 0 Å². The molecule has 3 heteroatoms. The highest BCUT2D eigenvalue weighted by Gasteiger charge is 2.26. The van der Waals surface area contributed by atoms with Gasteiger partial charge in [0.15, 0.2) is 0 Å². The molecule has 1 fully saturated rings. The summed E-state index contributed by atoms with van der Waals surface area (Å²) in [4.78, 5) is 12.5. The maximum atomic E-state index is 11.0. The van der Waals surface area contributed by atoms with Gasteiger partial charge in [0.05, 0.1) is 13.1 Å². The molecule has 0 spiro atoms. The van der Waals surface area contributed by atoms with Gasteiger partial charge in [0.2, 0.25) is 5.91 Å². The molecule has 0 unspecified atom stereocenters. The van der Waals surface area contributed by atoms with Gasteiger partial charge >= 0.3 is 0 Å². The van der Waals surface area contributed by atoms with Gasteiger partial charge in [-0.25, -0.2) is 0 Å². The quantitative estimate of drug-likeness (QED) is 0.706. The molecule has 15 heavy (non-hydrogen) atoms. The van der Waals surface area contributed by atoms with Crippen LogP contribution in [0.2, 0.25) is 0 Å². The third-order valence-corrected chi connectivity index (χ3v) is 3.17. The number of rotatable bonds is 2. The maximum Gasteiger partial charge on any atom is 0.220 e. The molecular formula is C12H17N2O+. The largest absolute Gasteiger partial charge is 0.369 e. The third kappa shape index (κ3) is 2.36. The zero-order chi connectivity index (χ0) is 10.7. The lowest BCUT2D eigenvalue weighted by Gasteiger charge is -2.27. The van der Waals surface area contributed by atoms with Gasteiger partial charge in [0.1, 0.15) is 5.69 Å². The van der Waals surface area contributed by atoms with E-state index in [9.17, 15) is 4.79 Å². The molecule has 3 N–H and O–H groups in total. The van der Waals surface area contributed by atoms with E-state index in [4.69, 9.17) is 5.73 Å². The van der Waals surface area contributed by atoms with E-state index in [1.54, 1.807) is 0 Å². The van der Waals surface area contributed by atoms with Gasteiger partial charge in [-0.3, -0.25) is 4.79 Å². The molecule has 0 aromatic heterocycles. The Morgan fingerprint density at radius 3 is 2.33 bits per heavy atom. The summed E-state index contributed by atoms with van der Waals surface area (Å²) in [5, 5.41) is 0. The predicted molar refractivity (Wildman–Crippen MR) is 58.7 cm³/mol. The van der Waals surface area contributed by atoms with Crippen LogP contribution in [-0.4, -0.2) is 19.0 Å². The fourth-order valence-electron chi connectivity index (χ4n) is 2.21. The zero-order valence-electron chi connectivity index (χ0n) is 8.78. The summed E-state index contributed by atoms with van der Waals surface area (Å²) < 4.78 is 0. The second-order valence-corrected chi connectivity index (χ2v) is 4.15. The van der Waals surface area contributed by atoms with E-state index in [1.165, 1.54) is 10.6 Å². The lowest BCUT2D eigenvalue weighted by atomic mass is 9.96. The Labute approximate surface area is 89.9 Å². The molecule has 80 valence electrons. The predicted octanol–water partition coefficient (Wildman–Crippen LogP) is 0.0983. The number of primary amides is 1. The summed E-state index contributed by atoms with van der Waals surface area (Å²) >= 11 is 0. The van der Waals surface area contributed by atoms with Gasteiger partial charge in [-0.15, -0.1) is 0 Å². The van der Waals surface area contributed by atoms with Crippen molar-refractivity contribution in [3.8, 4) is 0 Å². The first kappa shape index (κ1) is 10.2. The highest BCUT2D eigenvalue weighted by atomic mass is 16.1. The van der Waals surface area contributed by atoms with Crippen LogP contribution < -0.4 is 10.6 Å². The van der Waals surface area contributed by atoms with Crippen LogP contribution in [0, 0.1) is 5.92 Å². The van der Waals surface area contributed by atoms with Crippen molar-refractivity contribution in [2.24, 2.45) is 11.7 Å². The minimum absolute atomic E-state index is 0.0949. The van der Waals surface area contributed by atoms with Gasteiger partial charge < -0.3 is 10.6 Å². The van der Waals surface area contributed by atoms with Gasteiger partial charge in [0, 0.05) is 18.8 Å². The molecular weight excluding hydrogens is 188 g/mol. The van der Waals surface area contributed by atoms with Crippen LogP contribution in [0.15, 0.2) is 30.3 Å².